The first-order chi connectivity index (χ1) is 15.5. The standard InChI is InChI=1S/C16H10N2O4.C6H5N3O/c19-17(20)12-8-9-15(16(10-12)18(21)22)14-7-3-5-11-4-1-2-6-13(11)14;10-9-6-4-2-1-3-5(6)7-8-9/h1-10H;1-4,8H. The van der Waals surface area contributed by atoms with Crippen molar-refractivity contribution in [3.63, 3.8) is 0 Å². The molecule has 0 unspecified atom stereocenters. The van der Waals surface area contributed by atoms with Gasteiger partial charge in [0.2, 0.25) is 11.0 Å². The van der Waals surface area contributed by atoms with Crippen LogP contribution in [0.2, 0.25) is 0 Å². The van der Waals surface area contributed by atoms with Crippen LogP contribution in [0, 0.1) is 25.4 Å². The van der Waals surface area contributed by atoms with Gasteiger partial charge in [-0.1, -0.05) is 59.8 Å². The molecule has 158 valence electrons. The van der Waals surface area contributed by atoms with Gasteiger partial charge in [0.05, 0.1) is 21.5 Å². The third kappa shape index (κ3) is 3.92. The van der Waals surface area contributed by atoms with Gasteiger partial charge in [-0.25, -0.2) is 0 Å². The lowest BCUT2D eigenvalue weighted by Gasteiger charge is -2.07. The number of nitrogens with zero attached hydrogens (tertiary/aromatic N) is 4. The zero-order valence-corrected chi connectivity index (χ0v) is 16.4. The minimum atomic E-state index is -0.639. The molecule has 5 rings (SSSR count). The van der Waals surface area contributed by atoms with Gasteiger partial charge < -0.3 is 5.21 Å². The van der Waals surface area contributed by atoms with Crippen LogP contribution >= 0.6 is 0 Å². The highest BCUT2D eigenvalue weighted by molar-refractivity contribution is 5.98. The van der Waals surface area contributed by atoms with Crippen LogP contribution in [0.25, 0.3) is 32.9 Å². The van der Waals surface area contributed by atoms with E-state index < -0.39 is 9.85 Å². The van der Waals surface area contributed by atoms with Crippen molar-refractivity contribution in [2.75, 3.05) is 0 Å². The number of nitro benzene ring substituents is 2. The SMILES string of the molecule is O=[N+]([O-])c1ccc(-c2cccc3ccccc23)c([N+](=O)[O-])c1.[O-][n+]1[nH]nc2ccccc21. The van der Waals surface area contributed by atoms with Crippen molar-refractivity contribution >= 4 is 33.2 Å². The summed E-state index contributed by atoms with van der Waals surface area (Å²) in [6.45, 7) is 0. The summed E-state index contributed by atoms with van der Waals surface area (Å²) >= 11 is 0. The molecule has 0 saturated carbocycles. The summed E-state index contributed by atoms with van der Waals surface area (Å²) in [7, 11) is 0. The number of H-pyrrole nitrogens is 1. The van der Waals surface area contributed by atoms with Crippen LogP contribution in [0.1, 0.15) is 0 Å². The first-order valence-electron chi connectivity index (χ1n) is 9.39. The van der Waals surface area contributed by atoms with E-state index in [2.05, 4.69) is 10.3 Å². The number of hydrogen-bond acceptors (Lipinski definition) is 6. The molecule has 0 radical (unpaired) electrons. The maximum absolute atomic E-state index is 11.3. The molecular weight excluding hydrogens is 414 g/mol. The molecule has 10 nitrogen and oxygen atoms in total. The Bertz CT molecular complexity index is 1460. The molecular formula is C22H15N5O5. The van der Waals surface area contributed by atoms with Crippen molar-refractivity contribution in [2.24, 2.45) is 0 Å². The first-order valence-corrected chi connectivity index (χ1v) is 9.39. The predicted octanol–water partition coefficient (Wildman–Crippen LogP) is 4.52. The van der Waals surface area contributed by atoms with E-state index in [1.807, 2.05) is 42.5 Å². The summed E-state index contributed by atoms with van der Waals surface area (Å²) in [5.74, 6) is 0. The Kier molecular flexibility index (Phi) is 5.41. The average Bonchev–Trinajstić information content (AvgIpc) is 3.19. The second-order valence-corrected chi connectivity index (χ2v) is 6.74. The number of aromatic amines is 1. The molecule has 1 heterocycles. The van der Waals surface area contributed by atoms with Crippen LogP contribution in [0.5, 0.6) is 0 Å². The highest BCUT2D eigenvalue weighted by Gasteiger charge is 2.21. The van der Waals surface area contributed by atoms with Gasteiger partial charge in [-0.15, -0.1) is 0 Å². The molecule has 0 saturated heterocycles. The maximum atomic E-state index is 11.3. The fraction of sp³-hybridized carbons (Fsp3) is 0. The molecule has 0 aliphatic heterocycles. The summed E-state index contributed by atoms with van der Waals surface area (Å²) < 4.78 is 0. The van der Waals surface area contributed by atoms with Gasteiger partial charge in [-0.3, -0.25) is 20.2 Å². The lowest BCUT2D eigenvalue weighted by molar-refractivity contribution is -0.644. The quantitative estimate of drug-likeness (QED) is 0.193. The number of fused-ring (bicyclic) bond motifs is 2. The van der Waals surface area contributed by atoms with E-state index in [-0.39, 0.29) is 11.4 Å². The van der Waals surface area contributed by atoms with Crippen LogP contribution in [0.4, 0.5) is 11.4 Å². The molecule has 0 atom stereocenters. The van der Waals surface area contributed by atoms with Crippen LogP contribution in [-0.2, 0) is 0 Å². The molecule has 5 aromatic rings. The van der Waals surface area contributed by atoms with E-state index in [0.29, 0.717) is 27.0 Å². The van der Waals surface area contributed by atoms with Crippen LogP contribution in [0.3, 0.4) is 0 Å². The van der Waals surface area contributed by atoms with Gasteiger partial charge in [0.25, 0.3) is 11.4 Å². The van der Waals surface area contributed by atoms with E-state index in [0.717, 1.165) is 16.8 Å². The molecule has 0 aliphatic rings. The maximum Gasteiger partial charge on any atom is 0.284 e. The fourth-order valence-corrected chi connectivity index (χ4v) is 3.36. The molecule has 32 heavy (non-hydrogen) atoms. The normalized spacial score (nSPS) is 10.5. The number of rotatable bonds is 3. The van der Waals surface area contributed by atoms with Gasteiger partial charge in [0.15, 0.2) is 0 Å². The number of nitro groups is 2. The topological polar surface area (TPSA) is 142 Å². The van der Waals surface area contributed by atoms with E-state index in [1.165, 1.54) is 12.1 Å². The number of non-ortho nitro benzene ring substituents is 1. The number of benzene rings is 4. The van der Waals surface area contributed by atoms with Gasteiger partial charge in [-0.2, -0.15) is 4.85 Å². The van der Waals surface area contributed by atoms with Gasteiger partial charge in [0, 0.05) is 11.2 Å². The van der Waals surface area contributed by atoms with E-state index >= 15 is 0 Å². The largest absolute Gasteiger partial charge is 0.692 e. The number of nitrogens with one attached hydrogen (secondary N) is 1. The first kappa shape index (κ1) is 20.4. The Morgan fingerprint density at radius 3 is 2.25 bits per heavy atom. The van der Waals surface area contributed by atoms with Gasteiger partial charge in [0.1, 0.15) is 0 Å². The Morgan fingerprint density at radius 1 is 0.781 bits per heavy atom. The Labute approximate surface area is 180 Å². The third-order valence-corrected chi connectivity index (χ3v) is 4.83. The number of aromatic nitrogens is 3. The Balaban J connectivity index is 0.000000203. The van der Waals surface area contributed by atoms with Crippen molar-refractivity contribution in [1.29, 1.82) is 0 Å². The molecule has 1 N–H and O–H groups in total. The highest BCUT2D eigenvalue weighted by atomic mass is 16.6. The second kappa shape index (κ2) is 8.48. The van der Waals surface area contributed by atoms with Crippen molar-refractivity contribution in [3.05, 3.63) is 110 Å². The molecule has 10 heteroatoms. The van der Waals surface area contributed by atoms with E-state index in [9.17, 15) is 25.4 Å². The molecule has 4 aromatic carbocycles. The minimum absolute atomic E-state index is 0.273. The highest BCUT2D eigenvalue weighted by Crippen LogP contribution is 2.36. The van der Waals surface area contributed by atoms with Crippen molar-refractivity contribution in [3.8, 4) is 11.1 Å². The summed E-state index contributed by atoms with van der Waals surface area (Å²) in [5, 5.41) is 40.7. The van der Waals surface area contributed by atoms with Crippen molar-refractivity contribution in [1.82, 2.24) is 10.3 Å². The Hall–Kier alpha value is -4.86. The zero-order chi connectivity index (χ0) is 22.7. The van der Waals surface area contributed by atoms with E-state index in [1.54, 1.807) is 24.3 Å². The van der Waals surface area contributed by atoms with Crippen molar-refractivity contribution in [2.45, 2.75) is 0 Å². The summed E-state index contributed by atoms with van der Waals surface area (Å²) in [6.07, 6.45) is 0. The lowest BCUT2D eigenvalue weighted by Crippen LogP contribution is -2.27. The van der Waals surface area contributed by atoms with Crippen LogP contribution < -0.4 is 4.85 Å². The summed E-state index contributed by atoms with van der Waals surface area (Å²) in [5.41, 5.74) is 1.74. The fourth-order valence-electron chi connectivity index (χ4n) is 3.36. The predicted molar refractivity (Wildman–Crippen MR) is 118 cm³/mol. The minimum Gasteiger partial charge on any atom is -0.692 e. The zero-order valence-electron chi connectivity index (χ0n) is 16.4. The molecule has 0 aliphatic carbocycles. The van der Waals surface area contributed by atoms with Gasteiger partial charge in [-0.05, 0) is 34.5 Å². The van der Waals surface area contributed by atoms with Crippen LogP contribution in [0.15, 0.2) is 84.9 Å². The second-order valence-electron chi connectivity index (χ2n) is 6.74. The summed E-state index contributed by atoms with van der Waals surface area (Å²) in [4.78, 5) is 21.5. The Morgan fingerprint density at radius 2 is 1.50 bits per heavy atom. The summed E-state index contributed by atoms with van der Waals surface area (Å²) in [6, 6.07) is 23.8. The monoisotopic (exact) mass is 429 g/mol. The molecule has 0 bridgehead atoms. The molecule has 0 spiro atoms. The average molecular weight is 429 g/mol. The number of para-hydroxylation sites is 2. The molecule has 1 aromatic heterocycles. The van der Waals surface area contributed by atoms with Crippen molar-refractivity contribution < 1.29 is 14.7 Å². The van der Waals surface area contributed by atoms with Gasteiger partial charge >= 0.3 is 0 Å². The third-order valence-electron chi connectivity index (χ3n) is 4.83. The van der Waals surface area contributed by atoms with Crippen LogP contribution in [-0.4, -0.2) is 20.2 Å². The molecule has 0 fully saturated rings. The molecule has 0 amide bonds. The smallest absolute Gasteiger partial charge is 0.284 e. The van der Waals surface area contributed by atoms with E-state index in [4.69, 9.17) is 0 Å². The lowest BCUT2D eigenvalue weighted by atomic mass is 9.97. The number of hydrogen-bond donors (Lipinski definition) is 1.